The number of hydrogen-bond donors (Lipinski definition) is 1. The first-order chi connectivity index (χ1) is 10.0. The minimum atomic E-state index is -0.512. The molecular formula is C15H19FN4O. The molecule has 1 aromatic rings. The van der Waals surface area contributed by atoms with Gasteiger partial charge in [-0.25, -0.2) is 4.39 Å². The Bertz CT molecular complexity index is 567. The van der Waals surface area contributed by atoms with Crippen LogP contribution in [0.2, 0.25) is 0 Å². The van der Waals surface area contributed by atoms with Gasteiger partial charge in [-0.2, -0.15) is 5.26 Å². The van der Waals surface area contributed by atoms with E-state index in [0.717, 1.165) is 18.7 Å². The van der Waals surface area contributed by atoms with E-state index in [9.17, 15) is 9.18 Å². The number of rotatable bonds is 3. The van der Waals surface area contributed by atoms with E-state index in [1.807, 2.05) is 6.07 Å². The molecule has 112 valence electrons. The molecule has 1 fully saturated rings. The van der Waals surface area contributed by atoms with Gasteiger partial charge in [-0.3, -0.25) is 9.69 Å². The quantitative estimate of drug-likeness (QED) is 0.883. The van der Waals surface area contributed by atoms with Gasteiger partial charge in [-0.15, -0.1) is 0 Å². The molecule has 1 atom stereocenters. The van der Waals surface area contributed by atoms with Crippen molar-refractivity contribution in [3.8, 4) is 6.07 Å². The highest BCUT2D eigenvalue weighted by Gasteiger charge is 2.29. The van der Waals surface area contributed by atoms with Crippen LogP contribution in [0.3, 0.4) is 0 Å². The molecule has 1 aliphatic rings. The lowest BCUT2D eigenvalue weighted by molar-refractivity contribution is -0.135. The predicted molar refractivity (Wildman–Crippen MR) is 76.9 cm³/mol. The molecule has 6 heteroatoms. The summed E-state index contributed by atoms with van der Waals surface area (Å²) < 4.78 is 13.4. The third kappa shape index (κ3) is 3.57. The maximum Gasteiger partial charge on any atom is 0.240 e. The summed E-state index contributed by atoms with van der Waals surface area (Å²) in [7, 11) is 3.47. The molecule has 2 rings (SSSR count). The van der Waals surface area contributed by atoms with E-state index < -0.39 is 5.82 Å². The number of nitriles is 1. The fraction of sp³-hybridized carbons (Fsp3) is 0.467. The summed E-state index contributed by atoms with van der Waals surface area (Å²) in [6.45, 7) is 2.68. The van der Waals surface area contributed by atoms with Gasteiger partial charge in [0.25, 0.3) is 0 Å². The molecule has 0 saturated carbocycles. The monoisotopic (exact) mass is 290 g/mol. The number of amides is 1. The van der Waals surface area contributed by atoms with Crippen LogP contribution in [0.1, 0.15) is 11.1 Å². The SMILES string of the molecule is CN(C)C(=O)C1CNCCN1Cc1ccc(F)c(C#N)c1. The largest absolute Gasteiger partial charge is 0.347 e. The fourth-order valence-electron chi connectivity index (χ4n) is 2.47. The Hall–Kier alpha value is -1.97. The summed E-state index contributed by atoms with van der Waals surface area (Å²) in [5.74, 6) is -0.465. The maximum atomic E-state index is 13.4. The van der Waals surface area contributed by atoms with Gasteiger partial charge in [0.05, 0.1) is 5.56 Å². The smallest absolute Gasteiger partial charge is 0.240 e. The van der Waals surface area contributed by atoms with E-state index in [0.29, 0.717) is 13.1 Å². The van der Waals surface area contributed by atoms with E-state index in [-0.39, 0.29) is 17.5 Å². The molecule has 5 nitrogen and oxygen atoms in total. The Morgan fingerprint density at radius 2 is 2.33 bits per heavy atom. The number of likely N-dealkylation sites (N-methyl/N-ethyl adjacent to an activating group) is 1. The third-order valence-corrected chi connectivity index (χ3v) is 3.62. The standard InChI is InChI=1S/C15H19FN4O/c1-19(2)15(21)14-9-18-5-6-20(14)10-11-3-4-13(16)12(7-11)8-17/h3-4,7,14,18H,5-6,9-10H2,1-2H3. The molecule has 1 unspecified atom stereocenters. The van der Waals surface area contributed by atoms with Gasteiger partial charge in [-0.05, 0) is 17.7 Å². The Morgan fingerprint density at radius 3 is 3.00 bits per heavy atom. The topological polar surface area (TPSA) is 59.4 Å². The lowest BCUT2D eigenvalue weighted by Crippen LogP contribution is -2.57. The van der Waals surface area contributed by atoms with E-state index in [2.05, 4.69) is 10.2 Å². The van der Waals surface area contributed by atoms with Crippen molar-refractivity contribution in [3.63, 3.8) is 0 Å². The highest BCUT2D eigenvalue weighted by molar-refractivity contribution is 5.81. The number of carbonyl (C=O) groups excluding carboxylic acids is 1. The van der Waals surface area contributed by atoms with Gasteiger partial charge in [0.2, 0.25) is 5.91 Å². The Labute approximate surface area is 123 Å². The molecule has 1 aliphatic heterocycles. The van der Waals surface area contributed by atoms with Crippen LogP contribution in [0.25, 0.3) is 0 Å². The van der Waals surface area contributed by atoms with Crippen molar-refractivity contribution in [1.29, 1.82) is 5.26 Å². The summed E-state index contributed by atoms with van der Waals surface area (Å²) in [6, 6.07) is 6.13. The maximum absolute atomic E-state index is 13.4. The van der Waals surface area contributed by atoms with Gasteiger partial charge in [0.15, 0.2) is 0 Å². The Kier molecular flexibility index (Phi) is 4.89. The normalized spacial score (nSPS) is 19.0. The summed E-state index contributed by atoms with van der Waals surface area (Å²) >= 11 is 0. The molecule has 1 aromatic carbocycles. The zero-order valence-corrected chi connectivity index (χ0v) is 12.3. The number of hydrogen-bond acceptors (Lipinski definition) is 4. The highest BCUT2D eigenvalue weighted by Crippen LogP contribution is 2.15. The van der Waals surface area contributed by atoms with Crippen LogP contribution in [-0.4, -0.2) is 55.5 Å². The van der Waals surface area contributed by atoms with Crippen LogP contribution in [0.15, 0.2) is 18.2 Å². The first-order valence-electron chi connectivity index (χ1n) is 6.87. The van der Waals surface area contributed by atoms with Crippen molar-refractivity contribution >= 4 is 5.91 Å². The molecule has 1 N–H and O–H groups in total. The molecule has 0 radical (unpaired) electrons. The van der Waals surface area contributed by atoms with Crippen molar-refractivity contribution in [2.45, 2.75) is 12.6 Å². The average Bonchev–Trinajstić information content (AvgIpc) is 2.49. The van der Waals surface area contributed by atoms with E-state index in [1.54, 1.807) is 31.1 Å². The number of halogens is 1. The van der Waals surface area contributed by atoms with Gasteiger partial charge in [0.1, 0.15) is 17.9 Å². The van der Waals surface area contributed by atoms with E-state index in [4.69, 9.17) is 5.26 Å². The molecule has 21 heavy (non-hydrogen) atoms. The van der Waals surface area contributed by atoms with Crippen molar-refractivity contribution in [2.75, 3.05) is 33.7 Å². The third-order valence-electron chi connectivity index (χ3n) is 3.62. The molecule has 0 aromatic heterocycles. The van der Waals surface area contributed by atoms with Crippen molar-refractivity contribution in [2.24, 2.45) is 0 Å². The van der Waals surface area contributed by atoms with Crippen LogP contribution in [0.5, 0.6) is 0 Å². The molecule has 1 amide bonds. The Morgan fingerprint density at radius 1 is 1.57 bits per heavy atom. The van der Waals surface area contributed by atoms with E-state index >= 15 is 0 Å². The van der Waals surface area contributed by atoms with Gasteiger partial charge in [-0.1, -0.05) is 6.07 Å². The number of nitrogens with zero attached hydrogens (tertiary/aromatic N) is 3. The summed E-state index contributed by atoms with van der Waals surface area (Å²) in [5, 5.41) is 12.1. The molecule has 0 aliphatic carbocycles. The molecular weight excluding hydrogens is 271 g/mol. The zero-order valence-electron chi connectivity index (χ0n) is 12.3. The minimum absolute atomic E-state index is 0.0399. The van der Waals surface area contributed by atoms with Crippen molar-refractivity contribution < 1.29 is 9.18 Å². The van der Waals surface area contributed by atoms with Crippen LogP contribution in [0, 0.1) is 17.1 Å². The highest BCUT2D eigenvalue weighted by atomic mass is 19.1. The molecule has 1 heterocycles. The first-order valence-corrected chi connectivity index (χ1v) is 6.87. The van der Waals surface area contributed by atoms with Gasteiger partial charge in [0, 0.05) is 40.3 Å². The fourth-order valence-corrected chi connectivity index (χ4v) is 2.47. The van der Waals surface area contributed by atoms with E-state index in [1.165, 1.54) is 6.07 Å². The number of nitrogens with one attached hydrogen (secondary N) is 1. The summed E-state index contributed by atoms with van der Waals surface area (Å²) in [4.78, 5) is 15.8. The second kappa shape index (κ2) is 6.66. The first kappa shape index (κ1) is 15.4. The van der Waals surface area contributed by atoms with Crippen LogP contribution in [-0.2, 0) is 11.3 Å². The van der Waals surface area contributed by atoms with Crippen molar-refractivity contribution in [3.05, 3.63) is 35.1 Å². The van der Waals surface area contributed by atoms with Crippen LogP contribution >= 0.6 is 0 Å². The second-order valence-corrected chi connectivity index (χ2v) is 5.35. The van der Waals surface area contributed by atoms with Gasteiger partial charge < -0.3 is 10.2 Å². The minimum Gasteiger partial charge on any atom is -0.347 e. The summed E-state index contributed by atoms with van der Waals surface area (Å²) in [6.07, 6.45) is 0. The Balaban J connectivity index is 2.16. The molecule has 1 saturated heterocycles. The molecule has 0 bridgehead atoms. The second-order valence-electron chi connectivity index (χ2n) is 5.35. The lowest BCUT2D eigenvalue weighted by atomic mass is 10.1. The summed E-state index contributed by atoms with van der Waals surface area (Å²) in [5.41, 5.74) is 0.879. The van der Waals surface area contributed by atoms with Gasteiger partial charge >= 0.3 is 0 Å². The van der Waals surface area contributed by atoms with Crippen LogP contribution in [0.4, 0.5) is 4.39 Å². The zero-order chi connectivity index (χ0) is 15.4. The van der Waals surface area contributed by atoms with Crippen LogP contribution < -0.4 is 5.32 Å². The molecule has 0 spiro atoms. The number of carbonyl (C=O) groups is 1. The van der Waals surface area contributed by atoms with Crippen molar-refractivity contribution in [1.82, 2.24) is 15.1 Å². The average molecular weight is 290 g/mol. The lowest BCUT2D eigenvalue weighted by Gasteiger charge is -2.36. The predicted octanol–water partition coefficient (Wildman–Crippen LogP) is 0.559. The number of piperazine rings is 1. The number of benzene rings is 1.